The van der Waals surface area contributed by atoms with Crippen LogP contribution in [0.3, 0.4) is 0 Å². The van der Waals surface area contributed by atoms with Crippen molar-refractivity contribution in [3.05, 3.63) is 77.1 Å². The van der Waals surface area contributed by atoms with E-state index < -0.39 is 0 Å². The number of hydrogen-bond donors (Lipinski definition) is 1. The maximum absolute atomic E-state index is 12.8. The molecular weight excluding hydrogens is 408 g/mol. The number of carbonyl (C=O) groups excluding carboxylic acids is 2. The molecule has 2 aromatic carbocycles. The Morgan fingerprint density at radius 3 is 2.29 bits per heavy atom. The molecular formula is C24H28N4O2S. The lowest BCUT2D eigenvalue weighted by atomic mass is 10.0. The van der Waals surface area contributed by atoms with Gasteiger partial charge in [-0.1, -0.05) is 73.6 Å². The standard InChI is InChI=1S/C24H28N4O2S/c1-5-28-22(21(16(2)3)25-23(30)19-13-11-17(4)12-14-19)26-27-24(28)31-15-20(29)18-9-7-6-8-10-18/h6-14,16,21H,5,15H2,1-4H3,(H,25,30)/t21-/m1/s1. The Hall–Kier alpha value is -2.93. The van der Waals surface area contributed by atoms with Crippen molar-refractivity contribution in [2.75, 3.05) is 5.75 Å². The van der Waals surface area contributed by atoms with Crippen molar-refractivity contribution >= 4 is 23.5 Å². The second-order valence-electron chi connectivity index (χ2n) is 7.72. The summed E-state index contributed by atoms with van der Waals surface area (Å²) < 4.78 is 1.98. The predicted molar refractivity (Wildman–Crippen MR) is 123 cm³/mol. The van der Waals surface area contributed by atoms with Gasteiger partial charge in [0, 0.05) is 17.7 Å². The summed E-state index contributed by atoms with van der Waals surface area (Å²) in [5, 5.41) is 12.5. The number of aryl methyl sites for hydroxylation is 1. The topological polar surface area (TPSA) is 76.9 Å². The maximum atomic E-state index is 12.8. The van der Waals surface area contributed by atoms with Gasteiger partial charge in [0.05, 0.1) is 11.8 Å². The Morgan fingerprint density at radius 2 is 1.68 bits per heavy atom. The van der Waals surface area contributed by atoms with E-state index in [1.54, 1.807) is 0 Å². The van der Waals surface area contributed by atoms with Gasteiger partial charge in [0.2, 0.25) is 0 Å². The highest BCUT2D eigenvalue weighted by Crippen LogP contribution is 2.26. The van der Waals surface area contributed by atoms with E-state index in [0.717, 1.165) is 5.56 Å². The molecule has 0 saturated heterocycles. The number of ketones is 1. The molecule has 1 amide bonds. The van der Waals surface area contributed by atoms with Crippen molar-refractivity contribution in [3.63, 3.8) is 0 Å². The van der Waals surface area contributed by atoms with Crippen LogP contribution in [-0.2, 0) is 6.54 Å². The summed E-state index contributed by atoms with van der Waals surface area (Å²) >= 11 is 1.37. The van der Waals surface area contributed by atoms with Crippen LogP contribution >= 0.6 is 11.8 Å². The summed E-state index contributed by atoms with van der Waals surface area (Å²) in [5.74, 6) is 1.01. The van der Waals surface area contributed by atoms with Gasteiger partial charge in [-0.2, -0.15) is 0 Å². The van der Waals surface area contributed by atoms with Crippen LogP contribution in [-0.4, -0.2) is 32.2 Å². The zero-order valence-electron chi connectivity index (χ0n) is 18.3. The highest BCUT2D eigenvalue weighted by Gasteiger charge is 2.26. The summed E-state index contributed by atoms with van der Waals surface area (Å²) in [7, 11) is 0. The van der Waals surface area contributed by atoms with Gasteiger partial charge in [-0.15, -0.1) is 10.2 Å². The van der Waals surface area contributed by atoms with Crippen LogP contribution in [0, 0.1) is 12.8 Å². The normalized spacial score (nSPS) is 12.0. The Bertz CT molecular complexity index is 1030. The Kier molecular flexibility index (Phi) is 7.63. The second-order valence-corrected chi connectivity index (χ2v) is 8.67. The van der Waals surface area contributed by atoms with E-state index in [1.807, 2.05) is 86.9 Å². The molecule has 3 aromatic rings. The molecule has 3 rings (SSSR count). The predicted octanol–water partition coefficient (Wildman–Crippen LogP) is 4.71. The van der Waals surface area contributed by atoms with E-state index in [4.69, 9.17) is 0 Å². The van der Waals surface area contributed by atoms with E-state index in [1.165, 1.54) is 11.8 Å². The first kappa shape index (κ1) is 22.7. The third-order valence-corrected chi connectivity index (χ3v) is 6.00. The molecule has 162 valence electrons. The molecule has 0 bridgehead atoms. The summed E-state index contributed by atoms with van der Waals surface area (Å²) in [6.45, 7) is 8.73. The molecule has 0 aliphatic rings. The van der Waals surface area contributed by atoms with Gasteiger partial charge < -0.3 is 9.88 Å². The molecule has 1 atom stereocenters. The lowest BCUT2D eigenvalue weighted by Crippen LogP contribution is -2.33. The molecule has 0 radical (unpaired) electrons. The zero-order chi connectivity index (χ0) is 22.4. The van der Waals surface area contributed by atoms with Crippen LogP contribution in [0.1, 0.15) is 58.9 Å². The molecule has 0 unspecified atom stereocenters. The third-order valence-electron chi connectivity index (χ3n) is 5.03. The first-order valence-corrected chi connectivity index (χ1v) is 11.4. The minimum atomic E-state index is -0.291. The van der Waals surface area contributed by atoms with E-state index in [0.29, 0.717) is 28.7 Å². The Labute approximate surface area is 187 Å². The number of hydrogen-bond acceptors (Lipinski definition) is 5. The fourth-order valence-electron chi connectivity index (χ4n) is 3.23. The number of benzene rings is 2. The molecule has 0 spiro atoms. The van der Waals surface area contributed by atoms with Crippen molar-refractivity contribution < 1.29 is 9.59 Å². The van der Waals surface area contributed by atoms with Crippen LogP contribution in [0.4, 0.5) is 0 Å². The smallest absolute Gasteiger partial charge is 0.251 e. The number of Topliss-reactive ketones (excluding diaryl/α,β-unsaturated/α-hetero) is 1. The van der Waals surface area contributed by atoms with E-state index in [9.17, 15) is 9.59 Å². The molecule has 7 heteroatoms. The van der Waals surface area contributed by atoms with E-state index >= 15 is 0 Å². The first-order valence-electron chi connectivity index (χ1n) is 10.4. The van der Waals surface area contributed by atoms with E-state index in [2.05, 4.69) is 15.5 Å². The minimum Gasteiger partial charge on any atom is -0.342 e. The Morgan fingerprint density at radius 1 is 1.00 bits per heavy atom. The number of rotatable bonds is 9. The first-order chi connectivity index (χ1) is 14.9. The molecule has 0 saturated carbocycles. The van der Waals surface area contributed by atoms with Crippen LogP contribution in [0.5, 0.6) is 0 Å². The molecule has 6 nitrogen and oxygen atoms in total. The number of nitrogens with one attached hydrogen (secondary N) is 1. The minimum absolute atomic E-state index is 0.0471. The summed E-state index contributed by atoms with van der Waals surface area (Å²) in [5.41, 5.74) is 2.40. The lowest BCUT2D eigenvalue weighted by Gasteiger charge is -2.22. The quantitative estimate of drug-likeness (QED) is 0.388. The fourth-order valence-corrected chi connectivity index (χ4v) is 4.13. The van der Waals surface area contributed by atoms with Gasteiger partial charge in [-0.25, -0.2) is 0 Å². The van der Waals surface area contributed by atoms with Gasteiger partial charge >= 0.3 is 0 Å². The van der Waals surface area contributed by atoms with Crippen molar-refractivity contribution in [3.8, 4) is 0 Å². The van der Waals surface area contributed by atoms with Gasteiger partial charge in [-0.05, 0) is 31.9 Å². The van der Waals surface area contributed by atoms with Gasteiger partial charge in [0.1, 0.15) is 0 Å². The van der Waals surface area contributed by atoms with Crippen LogP contribution < -0.4 is 5.32 Å². The molecule has 1 aromatic heterocycles. The van der Waals surface area contributed by atoms with Gasteiger partial charge in [0.25, 0.3) is 5.91 Å². The summed E-state index contributed by atoms with van der Waals surface area (Å²) in [4.78, 5) is 25.3. The second kappa shape index (κ2) is 10.4. The average Bonchev–Trinajstić information content (AvgIpc) is 3.18. The van der Waals surface area contributed by atoms with E-state index in [-0.39, 0.29) is 29.4 Å². The highest BCUT2D eigenvalue weighted by atomic mass is 32.2. The molecule has 1 N–H and O–H groups in total. The molecule has 0 aliphatic heterocycles. The van der Waals surface area contributed by atoms with Crippen LogP contribution in [0.2, 0.25) is 0 Å². The van der Waals surface area contributed by atoms with Crippen LogP contribution in [0.15, 0.2) is 59.8 Å². The highest BCUT2D eigenvalue weighted by molar-refractivity contribution is 7.99. The molecule has 0 fully saturated rings. The fraction of sp³-hybridized carbons (Fsp3) is 0.333. The van der Waals surface area contributed by atoms with Crippen molar-refractivity contribution in [2.45, 2.75) is 45.4 Å². The number of aromatic nitrogens is 3. The summed E-state index contributed by atoms with van der Waals surface area (Å²) in [6, 6.07) is 16.4. The maximum Gasteiger partial charge on any atom is 0.251 e. The molecule has 1 heterocycles. The van der Waals surface area contributed by atoms with Crippen molar-refractivity contribution in [2.24, 2.45) is 5.92 Å². The Balaban J connectivity index is 1.76. The molecule has 0 aliphatic carbocycles. The van der Waals surface area contributed by atoms with Crippen molar-refractivity contribution in [1.82, 2.24) is 20.1 Å². The zero-order valence-corrected chi connectivity index (χ0v) is 19.1. The van der Waals surface area contributed by atoms with Gasteiger partial charge in [0.15, 0.2) is 16.8 Å². The largest absolute Gasteiger partial charge is 0.342 e. The van der Waals surface area contributed by atoms with Gasteiger partial charge in [-0.3, -0.25) is 9.59 Å². The average molecular weight is 437 g/mol. The number of thioether (sulfide) groups is 1. The van der Waals surface area contributed by atoms with Crippen molar-refractivity contribution in [1.29, 1.82) is 0 Å². The number of carbonyl (C=O) groups is 2. The molecule has 31 heavy (non-hydrogen) atoms. The SMILES string of the molecule is CCn1c(SCC(=O)c2ccccc2)nnc1[C@H](NC(=O)c1ccc(C)cc1)C(C)C. The number of nitrogens with zero attached hydrogens (tertiary/aromatic N) is 3. The van der Waals surface area contributed by atoms with Crippen LogP contribution in [0.25, 0.3) is 0 Å². The number of amides is 1. The third kappa shape index (κ3) is 5.61. The monoisotopic (exact) mass is 436 g/mol. The summed E-state index contributed by atoms with van der Waals surface area (Å²) in [6.07, 6.45) is 0. The lowest BCUT2D eigenvalue weighted by molar-refractivity contribution is 0.0921.